The van der Waals surface area contributed by atoms with E-state index in [0.717, 1.165) is 17.7 Å². The lowest BCUT2D eigenvalue weighted by Crippen LogP contribution is -2.51. The summed E-state index contributed by atoms with van der Waals surface area (Å²) in [4.78, 5) is 52.3. The number of halogens is 2. The van der Waals surface area contributed by atoms with Crippen LogP contribution in [0.5, 0.6) is 0 Å². The van der Waals surface area contributed by atoms with Crippen molar-refractivity contribution in [3.05, 3.63) is 28.2 Å². The Morgan fingerprint density at radius 3 is 2.52 bits per heavy atom. The van der Waals surface area contributed by atoms with Crippen molar-refractivity contribution < 1.29 is 19.2 Å². The molecule has 0 bridgehead atoms. The van der Waals surface area contributed by atoms with Crippen molar-refractivity contribution in [3.63, 3.8) is 0 Å². The van der Waals surface area contributed by atoms with E-state index in [1.807, 2.05) is 0 Å². The lowest BCUT2D eigenvalue weighted by Gasteiger charge is -2.27. The Kier molecular flexibility index (Phi) is 6.05. The highest BCUT2D eigenvalue weighted by Crippen LogP contribution is 2.35. The predicted molar refractivity (Wildman–Crippen MR) is 109 cm³/mol. The number of imide groups is 1. The van der Waals surface area contributed by atoms with Gasteiger partial charge in [-0.2, -0.15) is 0 Å². The second kappa shape index (κ2) is 8.20. The second-order valence-corrected chi connectivity index (χ2v) is 8.26. The second-order valence-electron chi connectivity index (χ2n) is 7.44. The largest absolute Gasteiger partial charge is 0.335 e. The monoisotopic (exact) mass is 440 g/mol. The molecule has 1 spiro atoms. The number of carbonyl (C=O) groups excluding carboxylic acids is 4. The normalized spacial score (nSPS) is 18.7. The Morgan fingerprint density at radius 1 is 1.24 bits per heavy atom. The minimum absolute atomic E-state index is 0.252. The quantitative estimate of drug-likeness (QED) is 0.687. The van der Waals surface area contributed by atoms with Crippen LogP contribution in [0.4, 0.5) is 10.5 Å². The van der Waals surface area contributed by atoms with Crippen LogP contribution in [0.3, 0.4) is 0 Å². The third-order valence-electron chi connectivity index (χ3n) is 5.36. The van der Waals surface area contributed by atoms with E-state index in [4.69, 9.17) is 23.2 Å². The lowest BCUT2D eigenvalue weighted by atomic mass is 9.97. The Labute approximate surface area is 178 Å². The minimum Gasteiger partial charge on any atom is -0.335 e. The van der Waals surface area contributed by atoms with E-state index in [0.29, 0.717) is 28.6 Å². The van der Waals surface area contributed by atoms with Crippen molar-refractivity contribution >= 4 is 52.6 Å². The number of amides is 5. The third-order valence-corrected chi connectivity index (χ3v) is 6.09. The van der Waals surface area contributed by atoms with E-state index in [9.17, 15) is 19.2 Å². The molecule has 2 fully saturated rings. The predicted octanol–water partition coefficient (Wildman–Crippen LogP) is 2.64. The van der Waals surface area contributed by atoms with Gasteiger partial charge in [0.1, 0.15) is 11.6 Å². The molecule has 1 atom stereocenters. The Morgan fingerprint density at radius 2 is 1.90 bits per heavy atom. The van der Waals surface area contributed by atoms with Crippen LogP contribution in [0.15, 0.2) is 18.2 Å². The van der Waals surface area contributed by atoms with Gasteiger partial charge in [-0.05, 0) is 38.0 Å². The molecular formula is C19H22Cl2N4O4. The molecule has 156 valence electrons. The van der Waals surface area contributed by atoms with Crippen molar-refractivity contribution in [2.24, 2.45) is 0 Å². The van der Waals surface area contributed by atoms with Gasteiger partial charge in [-0.15, -0.1) is 0 Å². The third kappa shape index (κ3) is 4.18. The first-order valence-electron chi connectivity index (χ1n) is 9.30. The Bertz CT molecular complexity index is 870. The first-order valence-corrected chi connectivity index (χ1v) is 10.1. The summed E-state index contributed by atoms with van der Waals surface area (Å²) in [5.41, 5.74) is -0.439. The van der Waals surface area contributed by atoms with Crippen LogP contribution in [0.1, 0.15) is 32.6 Å². The van der Waals surface area contributed by atoms with E-state index in [2.05, 4.69) is 10.6 Å². The summed E-state index contributed by atoms with van der Waals surface area (Å²) >= 11 is 11.8. The van der Waals surface area contributed by atoms with Crippen LogP contribution in [-0.2, 0) is 14.4 Å². The van der Waals surface area contributed by atoms with Gasteiger partial charge >= 0.3 is 6.03 Å². The van der Waals surface area contributed by atoms with Crippen LogP contribution in [0.2, 0.25) is 10.0 Å². The van der Waals surface area contributed by atoms with E-state index < -0.39 is 29.4 Å². The SMILES string of the molecule is CC(C(=O)N(C)CC(=O)Nc1ccc(Cl)c(Cl)c1)N1C(=O)NC2(CCCC2)C1=O. The van der Waals surface area contributed by atoms with Crippen molar-refractivity contribution in [3.8, 4) is 0 Å². The van der Waals surface area contributed by atoms with Gasteiger partial charge in [0.25, 0.3) is 5.91 Å². The summed E-state index contributed by atoms with van der Waals surface area (Å²) in [6, 6.07) is 3.06. The molecule has 2 N–H and O–H groups in total. The summed E-state index contributed by atoms with van der Waals surface area (Å²) in [6.07, 6.45) is 2.88. The smallest absolute Gasteiger partial charge is 0.325 e. The van der Waals surface area contributed by atoms with Crippen LogP contribution >= 0.6 is 23.2 Å². The van der Waals surface area contributed by atoms with E-state index >= 15 is 0 Å². The molecule has 1 heterocycles. The average Bonchev–Trinajstić information content (AvgIpc) is 3.22. The maximum Gasteiger partial charge on any atom is 0.325 e. The number of nitrogens with zero attached hydrogens (tertiary/aromatic N) is 2. The van der Waals surface area contributed by atoms with Crippen molar-refractivity contribution in [2.45, 2.75) is 44.2 Å². The summed E-state index contributed by atoms with van der Waals surface area (Å²) in [6.45, 7) is 1.24. The standard InChI is InChI=1S/C19H22Cl2N4O4/c1-11(25-17(28)19(23-18(25)29)7-3-4-8-19)16(27)24(2)10-15(26)22-12-5-6-13(20)14(21)9-12/h5-6,9,11H,3-4,7-8,10H2,1-2H3,(H,22,26)(H,23,29). The fourth-order valence-electron chi connectivity index (χ4n) is 3.81. The maximum atomic E-state index is 12.8. The molecule has 5 amide bonds. The first-order chi connectivity index (χ1) is 13.6. The molecule has 8 nitrogen and oxygen atoms in total. The number of carbonyl (C=O) groups is 4. The lowest BCUT2D eigenvalue weighted by molar-refractivity contribution is -0.142. The molecule has 1 saturated heterocycles. The molecule has 10 heteroatoms. The van der Waals surface area contributed by atoms with Crippen molar-refractivity contribution in [1.29, 1.82) is 0 Å². The molecule has 1 aromatic carbocycles. The van der Waals surface area contributed by atoms with E-state index in [-0.39, 0.29) is 12.5 Å². The zero-order chi connectivity index (χ0) is 21.3. The Balaban J connectivity index is 1.61. The molecule has 1 unspecified atom stereocenters. The highest BCUT2D eigenvalue weighted by atomic mass is 35.5. The van der Waals surface area contributed by atoms with Gasteiger partial charge in [0.05, 0.1) is 16.6 Å². The molecule has 1 aliphatic heterocycles. The number of anilines is 1. The molecule has 29 heavy (non-hydrogen) atoms. The first kappa shape index (κ1) is 21.4. The average molecular weight is 441 g/mol. The van der Waals surface area contributed by atoms with Crippen molar-refractivity contribution in [1.82, 2.24) is 15.1 Å². The van der Waals surface area contributed by atoms with Gasteiger partial charge in [-0.25, -0.2) is 9.69 Å². The van der Waals surface area contributed by atoms with Gasteiger partial charge in [-0.3, -0.25) is 14.4 Å². The molecule has 0 aromatic heterocycles. The molecule has 1 saturated carbocycles. The summed E-state index contributed by atoms with van der Waals surface area (Å²) in [7, 11) is 1.44. The highest BCUT2D eigenvalue weighted by molar-refractivity contribution is 6.42. The van der Waals surface area contributed by atoms with Gasteiger partial charge in [0.15, 0.2) is 0 Å². The minimum atomic E-state index is -1.01. The molecule has 0 radical (unpaired) electrons. The zero-order valence-electron chi connectivity index (χ0n) is 16.1. The highest BCUT2D eigenvalue weighted by Gasteiger charge is 2.54. The van der Waals surface area contributed by atoms with Crippen LogP contribution in [0.25, 0.3) is 0 Å². The maximum absolute atomic E-state index is 12.8. The van der Waals surface area contributed by atoms with Crippen LogP contribution < -0.4 is 10.6 Å². The summed E-state index contributed by atoms with van der Waals surface area (Å²) in [5.74, 6) is -1.32. The molecule has 1 aliphatic carbocycles. The van der Waals surface area contributed by atoms with Crippen molar-refractivity contribution in [2.75, 3.05) is 18.9 Å². The fourth-order valence-corrected chi connectivity index (χ4v) is 4.11. The van der Waals surface area contributed by atoms with Crippen LogP contribution in [-0.4, -0.2) is 58.7 Å². The Hall–Kier alpha value is -2.32. The summed E-state index contributed by atoms with van der Waals surface area (Å²) in [5, 5.41) is 6.03. The fraction of sp³-hybridized carbons (Fsp3) is 0.474. The van der Waals surface area contributed by atoms with Gasteiger partial charge < -0.3 is 15.5 Å². The number of likely N-dealkylation sites (N-methyl/N-ethyl adjacent to an activating group) is 1. The molecule has 3 rings (SSSR count). The molecular weight excluding hydrogens is 419 g/mol. The molecule has 1 aromatic rings. The van der Waals surface area contributed by atoms with E-state index in [1.165, 1.54) is 24.9 Å². The number of rotatable bonds is 5. The zero-order valence-corrected chi connectivity index (χ0v) is 17.6. The van der Waals surface area contributed by atoms with Crippen LogP contribution in [0, 0.1) is 0 Å². The van der Waals surface area contributed by atoms with Gasteiger partial charge in [0.2, 0.25) is 11.8 Å². The number of hydrogen-bond donors (Lipinski definition) is 2. The number of nitrogens with one attached hydrogen (secondary N) is 2. The van der Waals surface area contributed by atoms with Gasteiger partial charge in [-0.1, -0.05) is 36.0 Å². The number of benzene rings is 1. The number of urea groups is 1. The van der Waals surface area contributed by atoms with Gasteiger partial charge in [0, 0.05) is 12.7 Å². The van der Waals surface area contributed by atoms with E-state index in [1.54, 1.807) is 12.1 Å². The topological polar surface area (TPSA) is 98.8 Å². The number of hydrogen-bond acceptors (Lipinski definition) is 4. The summed E-state index contributed by atoms with van der Waals surface area (Å²) < 4.78 is 0. The molecule has 2 aliphatic rings.